The standard InChI is InChI=1S/C53H102O6/c1-6-7-8-9-10-11-12-13-14-17-20-23-28-33-38-43-51(54)57-46-50(59-53(56)45-40-35-30-25-27-32-37-42-49(4)5)47-58-52(55)44-39-34-29-24-21-18-15-16-19-22-26-31-36-41-48(2)3/h48-50H,6-47H2,1-5H3/t50-/m0/s1. The molecule has 0 N–H and O–H groups in total. The first-order valence-corrected chi connectivity index (χ1v) is 26.2. The van der Waals surface area contributed by atoms with Gasteiger partial charge in [-0.25, -0.2) is 0 Å². The van der Waals surface area contributed by atoms with E-state index in [9.17, 15) is 14.4 Å². The minimum atomic E-state index is -0.762. The van der Waals surface area contributed by atoms with Gasteiger partial charge in [0.15, 0.2) is 6.10 Å². The van der Waals surface area contributed by atoms with Crippen molar-refractivity contribution in [3.63, 3.8) is 0 Å². The van der Waals surface area contributed by atoms with Crippen molar-refractivity contribution >= 4 is 17.9 Å². The predicted octanol–water partition coefficient (Wildman–Crippen LogP) is 16.9. The Hall–Kier alpha value is -1.59. The molecule has 0 aromatic carbocycles. The number of ether oxygens (including phenoxy) is 3. The van der Waals surface area contributed by atoms with E-state index in [1.807, 2.05) is 0 Å². The van der Waals surface area contributed by atoms with Crippen molar-refractivity contribution in [3.05, 3.63) is 0 Å². The molecule has 0 aliphatic heterocycles. The zero-order chi connectivity index (χ0) is 43.3. The topological polar surface area (TPSA) is 78.9 Å². The smallest absolute Gasteiger partial charge is 0.306 e. The number of carbonyl (C=O) groups is 3. The third-order valence-electron chi connectivity index (χ3n) is 12.0. The van der Waals surface area contributed by atoms with E-state index in [0.717, 1.165) is 69.6 Å². The molecule has 0 aliphatic carbocycles. The van der Waals surface area contributed by atoms with E-state index in [1.165, 1.54) is 180 Å². The SMILES string of the molecule is CCCCCCCCCCCCCCCCCC(=O)OC[C@@H](COC(=O)CCCCCCCCCCCCCCCC(C)C)OC(=O)CCCCCCCCCC(C)C. The second kappa shape index (κ2) is 45.9. The molecule has 0 aromatic rings. The highest BCUT2D eigenvalue weighted by Crippen LogP contribution is 2.17. The van der Waals surface area contributed by atoms with Gasteiger partial charge >= 0.3 is 17.9 Å². The number of unbranched alkanes of at least 4 members (excludes halogenated alkanes) is 32. The Kier molecular flexibility index (Phi) is 44.7. The van der Waals surface area contributed by atoms with Crippen LogP contribution in [0.3, 0.4) is 0 Å². The second-order valence-electron chi connectivity index (χ2n) is 19.1. The molecular formula is C53H102O6. The minimum absolute atomic E-state index is 0.0642. The molecule has 0 saturated carbocycles. The average molecular weight is 835 g/mol. The summed E-state index contributed by atoms with van der Waals surface area (Å²) in [5.41, 5.74) is 0. The molecule has 0 spiro atoms. The third kappa shape index (κ3) is 47.3. The van der Waals surface area contributed by atoms with Gasteiger partial charge in [-0.2, -0.15) is 0 Å². The molecule has 0 aliphatic rings. The van der Waals surface area contributed by atoms with Gasteiger partial charge in [-0.3, -0.25) is 14.4 Å². The van der Waals surface area contributed by atoms with Crippen LogP contribution in [0.25, 0.3) is 0 Å². The maximum atomic E-state index is 12.7. The van der Waals surface area contributed by atoms with Crippen molar-refractivity contribution in [2.45, 2.75) is 298 Å². The Morgan fingerprint density at radius 1 is 0.322 bits per heavy atom. The summed E-state index contributed by atoms with van der Waals surface area (Å²) >= 11 is 0. The molecule has 0 radical (unpaired) electrons. The molecule has 0 fully saturated rings. The molecule has 0 saturated heterocycles. The van der Waals surface area contributed by atoms with E-state index in [4.69, 9.17) is 14.2 Å². The number of rotatable bonds is 47. The van der Waals surface area contributed by atoms with Crippen LogP contribution < -0.4 is 0 Å². The van der Waals surface area contributed by atoms with Gasteiger partial charge in [-0.15, -0.1) is 0 Å². The number of carbonyl (C=O) groups excluding carboxylic acids is 3. The van der Waals surface area contributed by atoms with E-state index >= 15 is 0 Å². The summed E-state index contributed by atoms with van der Waals surface area (Å²) < 4.78 is 16.8. The lowest BCUT2D eigenvalue weighted by atomic mass is 10.0. The fourth-order valence-corrected chi connectivity index (χ4v) is 7.99. The molecule has 1 atom stereocenters. The molecule has 59 heavy (non-hydrogen) atoms. The van der Waals surface area contributed by atoms with Gasteiger partial charge in [0, 0.05) is 19.3 Å². The fourth-order valence-electron chi connectivity index (χ4n) is 7.99. The number of hydrogen-bond acceptors (Lipinski definition) is 6. The first-order valence-electron chi connectivity index (χ1n) is 26.2. The van der Waals surface area contributed by atoms with Crippen LogP contribution in [0.15, 0.2) is 0 Å². The summed E-state index contributed by atoms with van der Waals surface area (Å²) in [7, 11) is 0. The quantitative estimate of drug-likeness (QED) is 0.0345. The van der Waals surface area contributed by atoms with E-state index in [-0.39, 0.29) is 31.1 Å². The average Bonchev–Trinajstić information content (AvgIpc) is 3.20. The summed E-state index contributed by atoms with van der Waals surface area (Å²) in [6.45, 7) is 11.3. The van der Waals surface area contributed by atoms with Crippen molar-refractivity contribution in [1.82, 2.24) is 0 Å². The summed E-state index contributed by atoms with van der Waals surface area (Å²) in [5, 5.41) is 0. The van der Waals surface area contributed by atoms with Gasteiger partial charge in [-0.05, 0) is 31.1 Å². The maximum absolute atomic E-state index is 12.7. The lowest BCUT2D eigenvalue weighted by Gasteiger charge is -2.18. The normalized spacial score (nSPS) is 12.1. The molecular weight excluding hydrogens is 733 g/mol. The van der Waals surface area contributed by atoms with Gasteiger partial charge in [0.1, 0.15) is 13.2 Å². The highest BCUT2D eigenvalue weighted by Gasteiger charge is 2.19. The zero-order valence-electron chi connectivity index (χ0n) is 40.4. The molecule has 0 amide bonds. The molecule has 6 heteroatoms. The predicted molar refractivity (Wildman–Crippen MR) is 252 cm³/mol. The van der Waals surface area contributed by atoms with Crippen LogP contribution in [0.1, 0.15) is 291 Å². The van der Waals surface area contributed by atoms with Crippen LogP contribution in [0, 0.1) is 11.8 Å². The van der Waals surface area contributed by atoms with Crippen LogP contribution >= 0.6 is 0 Å². The van der Waals surface area contributed by atoms with Crippen molar-refractivity contribution in [1.29, 1.82) is 0 Å². The Morgan fingerprint density at radius 2 is 0.559 bits per heavy atom. The van der Waals surface area contributed by atoms with Crippen LogP contribution in [0.5, 0.6) is 0 Å². The lowest BCUT2D eigenvalue weighted by Crippen LogP contribution is -2.30. The minimum Gasteiger partial charge on any atom is -0.462 e. The lowest BCUT2D eigenvalue weighted by molar-refractivity contribution is -0.167. The Balaban J connectivity index is 4.26. The molecule has 350 valence electrons. The molecule has 0 rings (SSSR count). The molecule has 0 bridgehead atoms. The van der Waals surface area contributed by atoms with Gasteiger partial charge in [0.2, 0.25) is 0 Å². The highest BCUT2D eigenvalue weighted by atomic mass is 16.6. The van der Waals surface area contributed by atoms with Gasteiger partial charge in [0.25, 0.3) is 0 Å². The summed E-state index contributed by atoms with van der Waals surface area (Å²) in [5.74, 6) is 0.768. The molecule has 0 heterocycles. The van der Waals surface area contributed by atoms with Crippen molar-refractivity contribution < 1.29 is 28.6 Å². The van der Waals surface area contributed by atoms with Crippen LogP contribution in [0.4, 0.5) is 0 Å². The summed E-state index contributed by atoms with van der Waals surface area (Å²) in [6, 6.07) is 0. The van der Waals surface area contributed by atoms with Crippen LogP contribution in [-0.2, 0) is 28.6 Å². The van der Waals surface area contributed by atoms with E-state index < -0.39 is 6.10 Å². The van der Waals surface area contributed by atoms with Gasteiger partial charge in [-0.1, -0.05) is 253 Å². The van der Waals surface area contributed by atoms with Crippen molar-refractivity contribution in [2.24, 2.45) is 11.8 Å². The Bertz CT molecular complexity index is 900. The fraction of sp³-hybridized carbons (Fsp3) is 0.943. The van der Waals surface area contributed by atoms with Crippen LogP contribution in [0.2, 0.25) is 0 Å². The monoisotopic (exact) mass is 835 g/mol. The Labute approximate surface area is 368 Å². The maximum Gasteiger partial charge on any atom is 0.306 e. The van der Waals surface area contributed by atoms with Crippen molar-refractivity contribution in [3.8, 4) is 0 Å². The third-order valence-corrected chi connectivity index (χ3v) is 12.0. The van der Waals surface area contributed by atoms with Gasteiger partial charge < -0.3 is 14.2 Å². The Morgan fingerprint density at radius 3 is 0.831 bits per heavy atom. The highest BCUT2D eigenvalue weighted by molar-refractivity contribution is 5.71. The first-order chi connectivity index (χ1) is 28.7. The molecule has 6 nitrogen and oxygen atoms in total. The van der Waals surface area contributed by atoms with E-state index in [0.29, 0.717) is 19.3 Å². The number of esters is 3. The largest absolute Gasteiger partial charge is 0.462 e. The summed E-state index contributed by atoms with van der Waals surface area (Å²) in [4.78, 5) is 37.9. The summed E-state index contributed by atoms with van der Waals surface area (Å²) in [6.07, 6.45) is 46.7. The first kappa shape index (κ1) is 57.4. The zero-order valence-corrected chi connectivity index (χ0v) is 40.4. The molecule has 0 unspecified atom stereocenters. The molecule has 0 aromatic heterocycles. The van der Waals surface area contributed by atoms with E-state index in [1.54, 1.807) is 0 Å². The van der Waals surface area contributed by atoms with E-state index in [2.05, 4.69) is 34.6 Å². The van der Waals surface area contributed by atoms with Crippen molar-refractivity contribution in [2.75, 3.05) is 13.2 Å². The van der Waals surface area contributed by atoms with Gasteiger partial charge in [0.05, 0.1) is 0 Å². The number of hydrogen-bond donors (Lipinski definition) is 0. The van der Waals surface area contributed by atoms with Crippen LogP contribution in [-0.4, -0.2) is 37.2 Å². The second-order valence-corrected chi connectivity index (χ2v) is 19.1.